The molecule has 0 saturated carbocycles. The molecule has 7 heteroatoms. The molecule has 0 bridgehead atoms. The van der Waals surface area contributed by atoms with Gasteiger partial charge in [-0.3, -0.25) is 4.79 Å². The van der Waals surface area contributed by atoms with E-state index in [1.807, 2.05) is 0 Å². The molecule has 134 valence electrons. The van der Waals surface area contributed by atoms with Gasteiger partial charge in [0.15, 0.2) is 5.78 Å². The Kier molecular flexibility index (Phi) is 4.10. The third-order valence-corrected chi connectivity index (χ3v) is 4.17. The van der Waals surface area contributed by atoms with Gasteiger partial charge in [0, 0.05) is 16.3 Å². The van der Waals surface area contributed by atoms with Crippen molar-refractivity contribution in [2.24, 2.45) is 0 Å². The topological polar surface area (TPSA) is 57.5 Å². The van der Waals surface area contributed by atoms with Crippen LogP contribution in [0.2, 0.25) is 0 Å². The Labute approximate surface area is 145 Å². The third kappa shape index (κ3) is 2.75. The molecular weight excluding hydrogens is 352 g/mol. The van der Waals surface area contributed by atoms with Gasteiger partial charge >= 0.3 is 6.18 Å². The summed E-state index contributed by atoms with van der Waals surface area (Å²) in [7, 11) is 0. The predicted octanol–water partition coefficient (Wildman–Crippen LogP) is 4.95. The number of fused-ring (bicyclic) bond motifs is 1. The first-order valence-corrected chi connectivity index (χ1v) is 7.47. The van der Waals surface area contributed by atoms with Gasteiger partial charge in [-0.15, -0.1) is 0 Å². The summed E-state index contributed by atoms with van der Waals surface area (Å²) >= 11 is 0. The molecule has 0 radical (unpaired) electrons. The SMILES string of the molecule is Cc1c(C(=O)c2ccc(C(F)(F)F)cc2F)c(O)c2ccccc2c1O. The molecule has 0 aromatic heterocycles. The number of alkyl halides is 3. The summed E-state index contributed by atoms with van der Waals surface area (Å²) in [5.74, 6) is -3.13. The van der Waals surface area contributed by atoms with Crippen LogP contribution in [0.4, 0.5) is 17.6 Å². The van der Waals surface area contributed by atoms with E-state index in [1.54, 1.807) is 12.1 Å². The average Bonchev–Trinajstić information content (AvgIpc) is 2.59. The molecule has 0 amide bonds. The van der Waals surface area contributed by atoms with Crippen LogP contribution < -0.4 is 0 Å². The number of carbonyl (C=O) groups is 1. The zero-order chi connectivity index (χ0) is 19.2. The second-order valence-corrected chi connectivity index (χ2v) is 5.76. The zero-order valence-corrected chi connectivity index (χ0v) is 13.4. The Morgan fingerprint density at radius 2 is 1.54 bits per heavy atom. The van der Waals surface area contributed by atoms with Crippen LogP contribution in [0.25, 0.3) is 10.8 Å². The van der Waals surface area contributed by atoms with Crippen LogP contribution in [-0.2, 0) is 6.18 Å². The molecule has 3 rings (SSSR count). The number of aromatic hydroxyl groups is 2. The second-order valence-electron chi connectivity index (χ2n) is 5.76. The minimum absolute atomic E-state index is 0.00509. The molecule has 0 spiro atoms. The summed E-state index contributed by atoms with van der Waals surface area (Å²) in [5.41, 5.74) is -2.22. The number of phenolic OH excluding ortho intramolecular Hbond substituents is 2. The summed E-state index contributed by atoms with van der Waals surface area (Å²) in [4.78, 5) is 12.7. The molecule has 0 saturated heterocycles. The van der Waals surface area contributed by atoms with E-state index in [9.17, 15) is 32.6 Å². The van der Waals surface area contributed by atoms with E-state index in [0.717, 1.165) is 0 Å². The van der Waals surface area contributed by atoms with Gasteiger partial charge in [-0.25, -0.2) is 4.39 Å². The Morgan fingerprint density at radius 3 is 2.08 bits per heavy atom. The van der Waals surface area contributed by atoms with Crippen LogP contribution in [0.15, 0.2) is 42.5 Å². The van der Waals surface area contributed by atoms with Crippen LogP contribution in [0, 0.1) is 12.7 Å². The Morgan fingerprint density at radius 1 is 0.962 bits per heavy atom. The Balaban J connectivity index is 2.20. The van der Waals surface area contributed by atoms with E-state index < -0.39 is 34.7 Å². The number of hydrogen-bond donors (Lipinski definition) is 2. The van der Waals surface area contributed by atoms with Gasteiger partial charge in [0.2, 0.25) is 0 Å². The predicted molar refractivity (Wildman–Crippen MR) is 86.8 cm³/mol. The standard InChI is InChI=1S/C19H12F4O3/c1-9-15(17(25)12-5-3-2-4-11(12)16(9)24)18(26)13-7-6-10(8-14(13)20)19(21,22)23/h2-8,24-25H,1H3. The highest BCUT2D eigenvalue weighted by molar-refractivity contribution is 6.16. The van der Waals surface area contributed by atoms with Gasteiger partial charge in [0.1, 0.15) is 17.3 Å². The van der Waals surface area contributed by atoms with Crippen LogP contribution in [0.5, 0.6) is 11.5 Å². The Bertz CT molecular complexity index is 1040. The molecule has 0 unspecified atom stereocenters. The van der Waals surface area contributed by atoms with Gasteiger partial charge in [-0.1, -0.05) is 24.3 Å². The quantitative estimate of drug-likeness (QED) is 0.384. The van der Waals surface area contributed by atoms with E-state index in [0.29, 0.717) is 17.5 Å². The molecule has 2 N–H and O–H groups in total. The zero-order valence-electron chi connectivity index (χ0n) is 13.4. The maximum absolute atomic E-state index is 14.1. The minimum atomic E-state index is -4.75. The summed E-state index contributed by atoms with van der Waals surface area (Å²) in [5, 5.41) is 21.2. The van der Waals surface area contributed by atoms with Crippen molar-refractivity contribution in [3.05, 3.63) is 70.5 Å². The first kappa shape index (κ1) is 17.7. The van der Waals surface area contributed by atoms with Crippen molar-refractivity contribution in [1.82, 2.24) is 0 Å². The average molecular weight is 364 g/mol. The molecule has 3 nitrogen and oxygen atoms in total. The van der Waals surface area contributed by atoms with Crippen molar-refractivity contribution >= 4 is 16.6 Å². The van der Waals surface area contributed by atoms with Crippen molar-refractivity contribution in [3.8, 4) is 11.5 Å². The second kappa shape index (κ2) is 6.01. The molecular formula is C19H12F4O3. The van der Waals surface area contributed by atoms with E-state index in [2.05, 4.69) is 0 Å². The normalized spacial score (nSPS) is 11.7. The first-order chi connectivity index (χ1) is 12.1. The maximum Gasteiger partial charge on any atom is 0.416 e. The largest absolute Gasteiger partial charge is 0.507 e. The summed E-state index contributed by atoms with van der Waals surface area (Å²) < 4.78 is 52.1. The van der Waals surface area contributed by atoms with Gasteiger partial charge in [0.25, 0.3) is 0 Å². The van der Waals surface area contributed by atoms with Crippen molar-refractivity contribution in [1.29, 1.82) is 0 Å². The van der Waals surface area contributed by atoms with Crippen molar-refractivity contribution in [2.75, 3.05) is 0 Å². The van der Waals surface area contributed by atoms with Gasteiger partial charge < -0.3 is 10.2 Å². The highest BCUT2D eigenvalue weighted by Gasteiger charge is 2.32. The highest BCUT2D eigenvalue weighted by atomic mass is 19.4. The molecule has 0 aliphatic heterocycles. The van der Waals surface area contributed by atoms with E-state index in [1.165, 1.54) is 19.1 Å². The van der Waals surface area contributed by atoms with E-state index in [4.69, 9.17) is 0 Å². The van der Waals surface area contributed by atoms with Crippen LogP contribution in [-0.4, -0.2) is 16.0 Å². The molecule has 0 fully saturated rings. The van der Waals surface area contributed by atoms with Gasteiger partial charge in [-0.05, 0) is 25.1 Å². The van der Waals surface area contributed by atoms with Crippen LogP contribution in [0.1, 0.15) is 27.0 Å². The maximum atomic E-state index is 14.1. The van der Waals surface area contributed by atoms with Crippen molar-refractivity contribution < 1.29 is 32.6 Å². The Hall–Kier alpha value is -3.09. The molecule has 0 heterocycles. The van der Waals surface area contributed by atoms with E-state index >= 15 is 0 Å². The summed E-state index contributed by atoms with van der Waals surface area (Å²) in [6, 6.07) is 7.71. The lowest BCUT2D eigenvalue weighted by Gasteiger charge is -2.14. The fourth-order valence-electron chi connectivity index (χ4n) is 2.82. The van der Waals surface area contributed by atoms with Crippen LogP contribution >= 0.6 is 0 Å². The fraction of sp³-hybridized carbons (Fsp3) is 0.105. The highest BCUT2D eigenvalue weighted by Crippen LogP contribution is 2.40. The van der Waals surface area contributed by atoms with Gasteiger partial charge in [-0.2, -0.15) is 13.2 Å². The summed E-state index contributed by atoms with van der Waals surface area (Å²) in [6.07, 6.45) is -4.75. The number of halogens is 4. The van der Waals surface area contributed by atoms with Gasteiger partial charge in [0.05, 0.1) is 16.7 Å². The van der Waals surface area contributed by atoms with Crippen LogP contribution in [0.3, 0.4) is 0 Å². The number of benzene rings is 3. The van der Waals surface area contributed by atoms with Crippen molar-refractivity contribution in [2.45, 2.75) is 13.1 Å². The number of ketones is 1. The molecule has 0 aliphatic carbocycles. The minimum Gasteiger partial charge on any atom is -0.507 e. The molecule has 0 atom stereocenters. The summed E-state index contributed by atoms with van der Waals surface area (Å²) in [6.45, 7) is 1.36. The molecule has 0 aliphatic rings. The number of rotatable bonds is 2. The fourth-order valence-corrected chi connectivity index (χ4v) is 2.82. The lowest BCUT2D eigenvalue weighted by molar-refractivity contribution is -0.137. The number of carbonyl (C=O) groups excluding carboxylic acids is 1. The monoisotopic (exact) mass is 364 g/mol. The van der Waals surface area contributed by atoms with E-state index in [-0.39, 0.29) is 28.3 Å². The molecule has 26 heavy (non-hydrogen) atoms. The number of hydrogen-bond acceptors (Lipinski definition) is 3. The third-order valence-electron chi connectivity index (χ3n) is 4.17. The number of phenols is 2. The lowest BCUT2D eigenvalue weighted by Crippen LogP contribution is -2.11. The van der Waals surface area contributed by atoms with Crippen molar-refractivity contribution in [3.63, 3.8) is 0 Å². The smallest absolute Gasteiger partial charge is 0.416 e. The first-order valence-electron chi connectivity index (χ1n) is 7.47. The molecule has 3 aromatic rings. The lowest BCUT2D eigenvalue weighted by atomic mass is 9.92. The molecule has 3 aromatic carbocycles.